The molecule has 0 aromatic heterocycles. The molecular weight excluding hydrogens is 236 g/mol. The van der Waals surface area contributed by atoms with E-state index >= 15 is 0 Å². The largest absolute Gasteiger partial charge is 0.343 e. The van der Waals surface area contributed by atoms with Gasteiger partial charge >= 0.3 is 0 Å². The van der Waals surface area contributed by atoms with Crippen LogP contribution in [0.15, 0.2) is 18.2 Å². The maximum absolute atomic E-state index is 5.99. The molecule has 1 fully saturated rings. The molecule has 0 atom stereocenters. The molecule has 0 unspecified atom stereocenters. The first-order valence-corrected chi connectivity index (χ1v) is 7.28. The molecule has 1 aliphatic rings. The van der Waals surface area contributed by atoms with Gasteiger partial charge in [0.25, 0.3) is 0 Å². The van der Waals surface area contributed by atoms with Gasteiger partial charge in [0.2, 0.25) is 0 Å². The van der Waals surface area contributed by atoms with Gasteiger partial charge in [0.1, 0.15) is 0 Å². The van der Waals surface area contributed by atoms with E-state index in [0.717, 1.165) is 12.8 Å². The molecule has 0 aliphatic carbocycles. The summed E-state index contributed by atoms with van der Waals surface area (Å²) < 4.78 is 12.0. The first kappa shape index (κ1) is 14.5. The summed E-state index contributed by atoms with van der Waals surface area (Å²) in [5.41, 5.74) is 3.94. The molecule has 0 amide bonds. The molecule has 1 aliphatic heterocycles. The van der Waals surface area contributed by atoms with Crippen molar-refractivity contribution >= 4 is 0 Å². The molecule has 2 rings (SSSR count). The van der Waals surface area contributed by atoms with Gasteiger partial charge in [-0.15, -0.1) is 0 Å². The van der Waals surface area contributed by atoms with Crippen molar-refractivity contribution in [1.29, 1.82) is 0 Å². The van der Waals surface area contributed by atoms with Gasteiger partial charge in [-0.2, -0.15) is 0 Å². The second kappa shape index (κ2) is 5.26. The van der Waals surface area contributed by atoms with Crippen molar-refractivity contribution in [1.82, 2.24) is 0 Å². The fourth-order valence-electron chi connectivity index (χ4n) is 2.72. The van der Waals surface area contributed by atoms with Crippen LogP contribution in [-0.4, -0.2) is 13.2 Å². The van der Waals surface area contributed by atoms with Gasteiger partial charge in [-0.05, 0) is 29.5 Å². The molecule has 2 nitrogen and oxygen atoms in total. The van der Waals surface area contributed by atoms with E-state index in [2.05, 4.69) is 52.8 Å². The highest BCUT2D eigenvalue weighted by molar-refractivity contribution is 5.37. The first-order valence-electron chi connectivity index (χ1n) is 7.28. The van der Waals surface area contributed by atoms with E-state index < -0.39 is 5.79 Å². The van der Waals surface area contributed by atoms with Crippen LogP contribution in [0.25, 0.3) is 0 Å². The minimum Gasteiger partial charge on any atom is -0.343 e. The van der Waals surface area contributed by atoms with Crippen LogP contribution >= 0.6 is 0 Å². The van der Waals surface area contributed by atoms with E-state index in [9.17, 15) is 0 Å². The Balaban J connectivity index is 2.47. The molecule has 0 saturated carbocycles. The van der Waals surface area contributed by atoms with Crippen LogP contribution in [0.1, 0.15) is 57.2 Å². The van der Waals surface area contributed by atoms with Crippen LogP contribution < -0.4 is 0 Å². The Morgan fingerprint density at radius 2 is 1.79 bits per heavy atom. The van der Waals surface area contributed by atoms with Crippen molar-refractivity contribution in [3.05, 3.63) is 34.9 Å². The summed E-state index contributed by atoms with van der Waals surface area (Å²) in [7, 11) is 0. The molecule has 0 spiro atoms. The van der Waals surface area contributed by atoms with Crippen molar-refractivity contribution in [3.63, 3.8) is 0 Å². The third-order valence-corrected chi connectivity index (χ3v) is 3.85. The molecule has 2 heteroatoms. The Morgan fingerprint density at radius 3 is 2.32 bits per heavy atom. The van der Waals surface area contributed by atoms with E-state index in [-0.39, 0.29) is 5.41 Å². The number of ether oxygens (including phenoxy) is 2. The highest BCUT2D eigenvalue weighted by Gasteiger charge is 2.39. The molecule has 106 valence electrons. The number of hydrogen-bond donors (Lipinski definition) is 0. The van der Waals surface area contributed by atoms with Crippen molar-refractivity contribution < 1.29 is 9.47 Å². The Labute approximate surface area is 117 Å². The summed E-state index contributed by atoms with van der Waals surface area (Å²) in [5.74, 6) is -0.514. The predicted molar refractivity (Wildman–Crippen MR) is 78.4 cm³/mol. The van der Waals surface area contributed by atoms with E-state index in [1.54, 1.807) is 0 Å². The third kappa shape index (κ3) is 2.85. The Hall–Kier alpha value is -0.860. The van der Waals surface area contributed by atoms with Gasteiger partial charge < -0.3 is 9.47 Å². The van der Waals surface area contributed by atoms with Crippen molar-refractivity contribution in [2.75, 3.05) is 13.2 Å². The monoisotopic (exact) mass is 262 g/mol. The SMILES string of the molecule is CCCC1(c2cc(C(C)(C)C)ccc2C)OCCO1. The van der Waals surface area contributed by atoms with E-state index in [1.165, 1.54) is 16.7 Å². The van der Waals surface area contributed by atoms with E-state index in [0.29, 0.717) is 13.2 Å². The minimum absolute atomic E-state index is 0.147. The van der Waals surface area contributed by atoms with Crippen LogP contribution in [0.3, 0.4) is 0 Å². The highest BCUT2D eigenvalue weighted by Crippen LogP contribution is 2.39. The Kier molecular flexibility index (Phi) is 4.03. The zero-order valence-corrected chi connectivity index (χ0v) is 12.9. The van der Waals surface area contributed by atoms with Crippen molar-refractivity contribution in [2.24, 2.45) is 0 Å². The summed E-state index contributed by atoms with van der Waals surface area (Å²) in [5, 5.41) is 0. The fourth-order valence-corrected chi connectivity index (χ4v) is 2.72. The normalized spacial score (nSPS) is 18.8. The summed E-state index contributed by atoms with van der Waals surface area (Å²) in [6.07, 6.45) is 1.97. The maximum Gasteiger partial charge on any atom is 0.195 e. The number of aryl methyl sites for hydroxylation is 1. The molecule has 0 N–H and O–H groups in total. The molecule has 0 bridgehead atoms. The number of hydrogen-bond acceptors (Lipinski definition) is 2. The third-order valence-electron chi connectivity index (χ3n) is 3.85. The molecule has 0 radical (unpaired) electrons. The van der Waals surface area contributed by atoms with Crippen LogP contribution in [0, 0.1) is 6.92 Å². The molecule has 19 heavy (non-hydrogen) atoms. The number of rotatable bonds is 3. The van der Waals surface area contributed by atoms with Gasteiger partial charge in [0, 0.05) is 12.0 Å². The summed E-state index contributed by atoms with van der Waals surface area (Å²) >= 11 is 0. The van der Waals surface area contributed by atoms with Crippen LogP contribution in [0.4, 0.5) is 0 Å². The summed E-state index contributed by atoms with van der Waals surface area (Å²) in [6, 6.07) is 6.68. The smallest absolute Gasteiger partial charge is 0.195 e. The van der Waals surface area contributed by atoms with Gasteiger partial charge in [0.15, 0.2) is 5.79 Å². The lowest BCUT2D eigenvalue weighted by Crippen LogP contribution is -2.28. The van der Waals surface area contributed by atoms with E-state index in [4.69, 9.17) is 9.47 Å². The Morgan fingerprint density at radius 1 is 1.16 bits per heavy atom. The lowest BCUT2D eigenvalue weighted by Gasteiger charge is -2.31. The topological polar surface area (TPSA) is 18.5 Å². The molecular formula is C17H26O2. The molecule has 1 heterocycles. The predicted octanol–water partition coefficient (Wildman–Crippen LogP) is 4.29. The zero-order chi connectivity index (χ0) is 14.1. The number of benzene rings is 1. The lowest BCUT2D eigenvalue weighted by atomic mass is 9.83. The molecule has 1 aromatic carbocycles. The summed E-state index contributed by atoms with van der Waals surface area (Å²) in [4.78, 5) is 0. The second-order valence-corrected chi connectivity index (χ2v) is 6.48. The lowest BCUT2D eigenvalue weighted by molar-refractivity contribution is -0.171. The fraction of sp³-hybridized carbons (Fsp3) is 0.647. The summed E-state index contributed by atoms with van der Waals surface area (Å²) in [6.45, 7) is 12.4. The quantitative estimate of drug-likeness (QED) is 0.809. The van der Waals surface area contributed by atoms with Gasteiger partial charge in [-0.3, -0.25) is 0 Å². The van der Waals surface area contributed by atoms with Crippen LogP contribution in [-0.2, 0) is 20.7 Å². The first-order chi connectivity index (χ1) is 8.89. The molecule has 1 aromatic rings. The minimum atomic E-state index is -0.514. The van der Waals surface area contributed by atoms with Gasteiger partial charge in [0.05, 0.1) is 13.2 Å². The average molecular weight is 262 g/mol. The highest BCUT2D eigenvalue weighted by atomic mass is 16.7. The average Bonchev–Trinajstić information content (AvgIpc) is 2.78. The second-order valence-electron chi connectivity index (χ2n) is 6.48. The van der Waals surface area contributed by atoms with Gasteiger partial charge in [-0.1, -0.05) is 46.2 Å². The Bertz CT molecular complexity index is 437. The zero-order valence-electron chi connectivity index (χ0n) is 12.9. The maximum atomic E-state index is 5.99. The van der Waals surface area contributed by atoms with E-state index in [1.807, 2.05) is 0 Å². The van der Waals surface area contributed by atoms with Gasteiger partial charge in [-0.25, -0.2) is 0 Å². The van der Waals surface area contributed by atoms with Crippen LogP contribution in [0.2, 0.25) is 0 Å². The van der Waals surface area contributed by atoms with Crippen LogP contribution in [0.5, 0.6) is 0 Å². The standard InChI is InChI=1S/C17H26O2/c1-6-9-17(18-10-11-19-17)15-12-14(16(3,4)5)8-7-13(15)2/h7-8,12H,6,9-11H2,1-5H3. The van der Waals surface area contributed by atoms with Crippen molar-refractivity contribution in [2.45, 2.75) is 58.7 Å². The molecule has 1 saturated heterocycles. The van der Waals surface area contributed by atoms with Crippen molar-refractivity contribution in [3.8, 4) is 0 Å².